The van der Waals surface area contributed by atoms with Crippen LogP contribution in [0.15, 0.2) is 0 Å². The largest absolute Gasteiger partial charge is 0.316 e. The Kier molecular flexibility index (Phi) is 4.43. The van der Waals surface area contributed by atoms with Crippen LogP contribution in [0.3, 0.4) is 0 Å². The van der Waals surface area contributed by atoms with E-state index in [9.17, 15) is 0 Å². The Morgan fingerprint density at radius 1 is 1.14 bits per heavy atom. The van der Waals surface area contributed by atoms with Crippen LogP contribution in [0.5, 0.6) is 0 Å². The van der Waals surface area contributed by atoms with E-state index >= 15 is 0 Å². The van der Waals surface area contributed by atoms with Gasteiger partial charge in [-0.15, -0.1) is 0 Å². The van der Waals surface area contributed by atoms with Crippen molar-refractivity contribution in [2.45, 2.75) is 65.3 Å². The van der Waals surface area contributed by atoms with E-state index in [4.69, 9.17) is 0 Å². The fourth-order valence-electron chi connectivity index (χ4n) is 2.88. The molecule has 1 aliphatic carbocycles. The van der Waals surface area contributed by atoms with E-state index in [0.29, 0.717) is 5.41 Å². The SMILES string of the molecule is CNC1CCCCCCC1(C)C(C)C. The summed E-state index contributed by atoms with van der Waals surface area (Å²) in [6.07, 6.45) is 8.48. The number of nitrogens with one attached hydrogen (secondary N) is 1. The van der Waals surface area contributed by atoms with Gasteiger partial charge in [0.1, 0.15) is 0 Å². The maximum Gasteiger partial charge on any atom is 0.0120 e. The molecular weight excluding hydrogens is 170 g/mol. The lowest BCUT2D eigenvalue weighted by molar-refractivity contribution is 0.111. The molecule has 84 valence electrons. The van der Waals surface area contributed by atoms with E-state index in [1.807, 2.05) is 0 Å². The molecule has 1 fully saturated rings. The average Bonchev–Trinajstić information content (AvgIpc) is 2.12. The van der Waals surface area contributed by atoms with Crippen molar-refractivity contribution in [3.8, 4) is 0 Å². The molecule has 0 heterocycles. The molecule has 0 aromatic heterocycles. The Morgan fingerprint density at radius 2 is 1.79 bits per heavy atom. The summed E-state index contributed by atoms with van der Waals surface area (Å²) < 4.78 is 0. The third-order valence-electron chi connectivity index (χ3n) is 4.42. The quantitative estimate of drug-likeness (QED) is 0.713. The second kappa shape index (κ2) is 5.16. The first-order valence-corrected chi connectivity index (χ1v) is 6.28. The smallest absolute Gasteiger partial charge is 0.0120 e. The number of hydrogen-bond acceptors (Lipinski definition) is 1. The second-order valence-electron chi connectivity index (χ2n) is 5.45. The molecule has 0 radical (unpaired) electrons. The number of hydrogen-bond donors (Lipinski definition) is 1. The molecular formula is C13H27N. The molecule has 1 aliphatic rings. The van der Waals surface area contributed by atoms with Crippen molar-refractivity contribution in [1.82, 2.24) is 5.32 Å². The highest BCUT2D eigenvalue weighted by molar-refractivity contribution is 4.90. The lowest BCUT2D eigenvalue weighted by Gasteiger charge is -2.43. The minimum atomic E-state index is 0.509. The Bertz CT molecular complexity index is 165. The van der Waals surface area contributed by atoms with Gasteiger partial charge in [-0.2, -0.15) is 0 Å². The third kappa shape index (κ3) is 2.50. The molecule has 0 saturated heterocycles. The molecule has 2 atom stereocenters. The topological polar surface area (TPSA) is 12.0 Å². The van der Waals surface area contributed by atoms with Gasteiger partial charge in [-0.1, -0.05) is 46.5 Å². The normalized spacial score (nSPS) is 35.4. The first-order valence-electron chi connectivity index (χ1n) is 6.28. The first kappa shape index (κ1) is 12.0. The van der Waals surface area contributed by atoms with E-state index in [2.05, 4.69) is 33.1 Å². The second-order valence-corrected chi connectivity index (χ2v) is 5.45. The van der Waals surface area contributed by atoms with Crippen LogP contribution < -0.4 is 5.32 Å². The summed E-state index contributed by atoms with van der Waals surface area (Å²) in [5.74, 6) is 0.790. The molecule has 0 aliphatic heterocycles. The fraction of sp³-hybridized carbons (Fsp3) is 1.00. The number of rotatable bonds is 2. The van der Waals surface area contributed by atoms with Crippen LogP contribution in [0.1, 0.15) is 59.3 Å². The molecule has 0 aromatic carbocycles. The first-order chi connectivity index (χ1) is 6.61. The van der Waals surface area contributed by atoms with Crippen molar-refractivity contribution < 1.29 is 0 Å². The lowest BCUT2D eigenvalue weighted by Crippen LogP contribution is -2.45. The average molecular weight is 197 g/mol. The van der Waals surface area contributed by atoms with Crippen LogP contribution in [-0.4, -0.2) is 13.1 Å². The van der Waals surface area contributed by atoms with Gasteiger partial charge in [0.25, 0.3) is 0 Å². The van der Waals surface area contributed by atoms with Crippen molar-refractivity contribution in [1.29, 1.82) is 0 Å². The predicted octanol–water partition coefficient (Wildman–Crippen LogP) is 3.59. The van der Waals surface area contributed by atoms with Gasteiger partial charge in [-0.05, 0) is 31.2 Å². The van der Waals surface area contributed by atoms with Crippen LogP contribution in [-0.2, 0) is 0 Å². The van der Waals surface area contributed by atoms with Crippen LogP contribution in [0.4, 0.5) is 0 Å². The Labute approximate surface area is 89.7 Å². The van der Waals surface area contributed by atoms with Crippen molar-refractivity contribution in [2.24, 2.45) is 11.3 Å². The van der Waals surface area contributed by atoms with Gasteiger partial charge >= 0.3 is 0 Å². The highest BCUT2D eigenvalue weighted by Gasteiger charge is 2.36. The van der Waals surface area contributed by atoms with Crippen molar-refractivity contribution in [2.75, 3.05) is 7.05 Å². The van der Waals surface area contributed by atoms with E-state index in [1.165, 1.54) is 38.5 Å². The molecule has 1 heteroatoms. The lowest BCUT2D eigenvalue weighted by atomic mass is 9.67. The highest BCUT2D eigenvalue weighted by atomic mass is 14.9. The maximum absolute atomic E-state index is 3.54. The monoisotopic (exact) mass is 197 g/mol. The van der Waals surface area contributed by atoms with E-state index in [-0.39, 0.29) is 0 Å². The molecule has 1 rings (SSSR count). The molecule has 0 aromatic rings. The van der Waals surface area contributed by atoms with Gasteiger partial charge < -0.3 is 5.32 Å². The Balaban J connectivity index is 2.72. The van der Waals surface area contributed by atoms with Crippen molar-refractivity contribution >= 4 is 0 Å². The molecule has 1 nitrogen and oxygen atoms in total. The van der Waals surface area contributed by atoms with Gasteiger partial charge in [-0.25, -0.2) is 0 Å². The zero-order valence-corrected chi connectivity index (χ0v) is 10.4. The Morgan fingerprint density at radius 3 is 2.36 bits per heavy atom. The Hall–Kier alpha value is -0.0400. The van der Waals surface area contributed by atoms with E-state index in [0.717, 1.165) is 12.0 Å². The molecule has 0 bridgehead atoms. The minimum absolute atomic E-state index is 0.509. The van der Waals surface area contributed by atoms with Gasteiger partial charge in [0, 0.05) is 6.04 Å². The van der Waals surface area contributed by atoms with Gasteiger partial charge in [0.2, 0.25) is 0 Å². The summed E-state index contributed by atoms with van der Waals surface area (Å²) in [6.45, 7) is 7.24. The summed E-state index contributed by atoms with van der Waals surface area (Å²) in [7, 11) is 2.13. The molecule has 14 heavy (non-hydrogen) atoms. The summed E-state index contributed by atoms with van der Waals surface area (Å²) in [4.78, 5) is 0. The van der Waals surface area contributed by atoms with Crippen LogP contribution in [0, 0.1) is 11.3 Å². The van der Waals surface area contributed by atoms with Gasteiger partial charge in [0.05, 0.1) is 0 Å². The van der Waals surface area contributed by atoms with E-state index < -0.39 is 0 Å². The maximum atomic E-state index is 3.54. The van der Waals surface area contributed by atoms with Crippen molar-refractivity contribution in [3.63, 3.8) is 0 Å². The highest BCUT2D eigenvalue weighted by Crippen LogP contribution is 2.40. The molecule has 1 saturated carbocycles. The third-order valence-corrected chi connectivity index (χ3v) is 4.42. The summed E-state index contributed by atoms with van der Waals surface area (Å²) in [5.41, 5.74) is 0.509. The van der Waals surface area contributed by atoms with Crippen molar-refractivity contribution in [3.05, 3.63) is 0 Å². The van der Waals surface area contributed by atoms with E-state index in [1.54, 1.807) is 0 Å². The van der Waals surface area contributed by atoms with Gasteiger partial charge in [0.15, 0.2) is 0 Å². The summed E-state index contributed by atoms with van der Waals surface area (Å²) >= 11 is 0. The van der Waals surface area contributed by atoms with Gasteiger partial charge in [-0.3, -0.25) is 0 Å². The summed E-state index contributed by atoms with van der Waals surface area (Å²) in [5, 5.41) is 3.54. The molecule has 0 amide bonds. The summed E-state index contributed by atoms with van der Waals surface area (Å²) in [6, 6.07) is 0.725. The molecule has 0 spiro atoms. The zero-order valence-electron chi connectivity index (χ0n) is 10.4. The van der Waals surface area contributed by atoms with Crippen LogP contribution in [0.2, 0.25) is 0 Å². The minimum Gasteiger partial charge on any atom is -0.316 e. The standard InChI is InChI=1S/C13H27N/c1-11(2)13(3)10-8-6-5-7-9-12(13)14-4/h11-12,14H,5-10H2,1-4H3. The van der Waals surface area contributed by atoms with Crippen LogP contribution >= 0.6 is 0 Å². The molecule has 2 unspecified atom stereocenters. The molecule has 1 N–H and O–H groups in total. The fourth-order valence-corrected chi connectivity index (χ4v) is 2.88. The zero-order chi connectivity index (χ0) is 10.6. The van der Waals surface area contributed by atoms with Crippen LogP contribution in [0.25, 0.3) is 0 Å². The predicted molar refractivity (Wildman–Crippen MR) is 63.5 cm³/mol.